The predicted octanol–water partition coefficient (Wildman–Crippen LogP) is 1.30. The highest BCUT2D eigenvalue weighted by Crippen LogP contribution is 2.22. The lowest BCUT2D eigenvalue weighted by Crippen LogP contribution is -2.47. The second-order valence-electron chi connectivity index (χ2n) is 5.78. The highest BCUT2D eigenvalue weighted by molar-refractivity contribution is 5.98. The standard InChI is InChI=1S/C16H19N3O4/c20-14(19-9-2-1-3-13(19)15(21)22)11-4-6-12(7-5-11)18-10-8-17-16(18)23/h4-7,13H,1-3,8-10H2,(H,17,23)(H,21,22)/t13-/m0/s1. The van der Waals surface area contributed by atoms with E-state index in [2.05, 4.69) is 5.32 Å². The third kappa shape index (κ3) is 2.99. The molecule has 3 amide bonds. The quantitative estimate of drug-likeness (QED) is 0.879. The van der Waals surface area contributed by atoms with Crippen molar-refractivity contribution in [2.75, 3.05) is 24.5 Å². The number of benzene rings is 1. The minimum atomic E-state index is -0.955. The summed E-state index contributed by atoms with van der Waals surface area (Å²) < 4.78 is 0. The molecule has 7 heteroatoms. The summed E-state index contributed by atoms with van der Waals surface area (Å²) >= 11 is 0. The second kappa shape index (κ2) is 6.28. The maximum Gasteiger partial charge on any atom is 0.326 e. The number of rotatable bonds is 3. The Morgan fingerprint density at radius 1 is 1.13 bits per heavy atom. The van der Waals surface area contributed by atoms with E-state index in [0.717, 1.165) is 18.5 Å². The van der Waals surface area contributed by atoms with Gasteiger partial charge in [-0.1, -0.05) is 0 Å². The zero-order valence-electron chi connectivity index (χ0n) is 12.7. The molecule has 0 aromatic heterocycles. The predicted molar refractivity (Wildman–Crippen MR) is 83.5 cm³/mol. The number of anilines is 1. The molecule has 3 rings (SSSR count). The minimum absolute atomic E-state index is 0.147. The Morgan fingerprint density at radius 3 is 2.48 bits per heavy atom. The molecule has 0 saturated carbocycles. The lowest BCUT2D eigenvalue weighted by molar-refractivity contribution is -0.143. The van der Waals surface area contributed by atoms with Gasteiger partial charge < -0.3 is 15.3 Å². The normalized spacial score (nSPS) is 21.2. The molecule has 0 spiro atoms. The number of amides is 3. The zero-order valence-corrected chi connectivity index (χ0v) is 12.7. The molecule has 2 heterocycles. The highest BCUT2D eigenvalue weighted by Gasteiger charge is 2.32. The summed E-state index contributed by atoms with van der Waals surface area (Å²) in [5, 5.41) is 12.0. The van der Waals surface area contributed by atoms with Crippen LogP contribution in [0.4, 0.5) is 10.5 Å². The Kier molecular flexibility index (Phi) is 4.18. The monoisotopic (exact) mass is 317 g/mol. The van der Waals surface area contributed by atoms with Crippen LogP contribution in [0, 0.1) is 0 Å². The van der Waals surface area contributed by atoms with E-state index >= 15 is 0 Å². The fourth-order valence-electron chi connectivity index (χ4n) is 3.10. The summed E-state index contributed by atoms with van der Waals surface area (Å²) in [5.41, 5.74) is 1.17. The van der Waals surface area contributed by atoms with Gasteiger partial charge in [0.15, 0.2) is 0 Å². The molecule has 1 atom stereocenters. The van der Waals surface area contributed by atoms with Crippen molar-refractivity contribution in [1.82, 2.24) is 10.2 Å². The van der Waals surface area contributed by atoms with Crippen molar-refractivity contribution in [1.29, 1.82) is 0 Å². The molecule has 2 aliphatic rings. The van der Waals surface area contributed by atoms with Crippen LogP contribution in [-0.4, -0.2) is 53.6 Å². The van der Waals surface area contributed by atoms with Gasteiger partial charge in [0, 0.05) is 30.9 Å². The molecule has 0 aliphatic carbocycles. The molecule has 0 radical (unpaired) electrons. The lowest BCUT2D eigenvalue weighted by Gasteiger charge is -2.33. The third-order valence-corrected chi connectivity index (χ3v) is 4.33. The average Bonchev–Trinajstić information content (AvgIpc) is 3.00. The Bertz CT molecular complexity index is 629. The van der Waals surface area contributed by atoms with Crippen molar-refractivity contribution in [2.24, 2.45) is 0 Å². The topological polar surface area (TPSA) is 89.9 Å². The van der Waals surface area contributed by atoms with E-state index in [9.17, 15) is 19.5 Å². The van der Waals surface area contributed by atoms with Crippen LogP contribution in [0.3, 0.4) is 0 Å². The van der Waals surface area contributed by atoms with Gasteiger partial charge in [0.25, 0.3) is 5.91 Å². The van der Waals surface area contributed by atoms with Crippen LogP contribution in [0.2, 0.25) is 0 Å². The molecule has 7 nitrogen and oxygen atoms in total. The van der Waals surface area contributed by atoms with Crippen LogP contribution in [0.1, 0.15) is 29.6 Å². The molecule has 23 heavy (non-hydrogen) atoms. The molecule has 122 valence electrons. The number of likely N-dealkylation sites (tertiary alicyclic amines) is 1. The van der Waals surface area contributed by atoms with Crippen molar-refractivity contribution in [3.05, 3.63) is 29.8 Å². The number of aliphatic carboxylic acids is 1. The molecule has 1 aromatic carbocycles. The number of hydrogen-bond donors (Lipinski definition) is 2. The number of carbonyl (C=O) groups excluding carboxylic acids is 2. The lowest BCUT2D eigenvalue weighted by atomic mass is 10.0. The van der Waals surface area contributed by atoms with Gasteiger partial charge in [0.05, 0.1) is 0 Å². The largest absolute Gasteiger partial charge is 0.480 e. The van der Waals surface area contributed by atoms with Crippen molar-refractivity contribution in [2.45, 2.75) is 25.3 Å². The third-order valence-electron chi connectivity index (χ3n) is 4.33. The van der Waals surface area contributed by atoms with Crippen LogP contribution in [0.25, 0.3) is 0 Å². The summed E-state index contributed by atoms with van der Waals surface area (Å²) in [6, 6.07) is 5.84. The second-order valence-corrected chi connectivity index (χ2v) is 5.78. The number of carboxylic acids is 1. The van der Waals surface area contributed by atoms with Crippen LogP contribution < -0.4 is 10.2 Å². The first-order chi connectivity index (χ1) is 11.1. The molecule has 1 aromatic rings. The van der Waals surface area contributed by atoms with Crippen LogP contribution in [-0.2, 0) is 4.79 Å². The first kappa shape index (κ1) is 15.3. The Balaban J connectivity index is 1.77. The minimum Gasteiger partial charge on any atom is -0.480 e. The summed E-state index contributed by atoms with van der Waals surface area (Å²) in [5.74, 6) is -1.22. The SMILES string of the molecule is O=C(O)[C@@H]1CCCCN1C(=O)c1ccc(N2CCNC2=O)cc1. The van der Waals surface area contributed by atoms with E-state index in [4.69, 9.17) is 0 Å². The maximum absolute atomic E-state index is 12.6. The van der Waals surface area contributed by atoms with Crippen molar-refractivity contribution in [3.8, 4) is 0 Å². The van der Waals surface area contributed by atoms with Crippen LogP contribution in [0.5, 0.6) is 0 Å². The fraction of sp³-hybridized carbons (Fsp3) is 0.438. The molecular weight excluding hydrogens is 298 g/mol. The highest BCUT2D eigenvalue weighted by atomic mass is 16.4. The molecule has 2 N–H and O–H groups in total. The number of nitrogens with zero attached hydrogens (tertiary/aromatic N) is 2. The van der Waals surface area contributed by atoms with E-state index in [-0.39, 0.29) is 11.9 Å². The molecule has 2 saturated heterocycles. The van der Waals surface area contributed by atoms with E-state index in [1.54, 1.807) is 29.2 Å². The summed E-state index contributed by atoms with van der Waals surface area (Å²) in [7, 11) is 0. The van der Waals surface area contributed by atoms with Crippen LogP contribution in [0.15, 0.2) is 24.3 Å². The number of piperidine rings is 1. The van der Waals surface area contributed by atoms with Gasteiger partial charge in [-0.3, -0.25) is 9.69 Å². The first-order valence-electron chi connectivity index (χ1n) is 7.77. The van der Waals surface area contributed by atoms with Gasteiger partial charge in [-0.25, -0.2) is 9.59 Å². The Hall–Kier alpha value is -2.57. The number of nitrogens with one attached hydrogen (secondary N) is 1. The Morgan fingerprint density at radius 2 is 1.87 bits per heavy atom. The molecule has 2 aliphatic heterocycles. The van der Waals surface area contributed by atoms with E-state index in [1.165, 1.54) is 4.90 Å². The molecule has 0 unspecified atom stereocenters. The van der Waals surface area contributed by atoms with Crippen LogP contribution >= 0.6 is 0 Å². The van der Waals surface area contributed by atoms with Gasteiger partial charge in [-0.2, -0.15) is 0 Å². The molecule has 2 fully saturated rings. The van der Waals surface area contributed by atoms with Crippen molar-refractivity contribution >= 4 is 23.6 Å². The first-order valence-corrected chi connectivity index (χ1v) is 7.77. The fourth-order valence-corrected chi connectivity index (χ4v) is 3.10. The maximum atomic E-state index is 12.6. The van der Waals surface area contributed by atoms with E-state index in [1.807, 2.05) is 0 Å². The number of hydrogen-bond acceptors (Lipinski definition) is 3. The van der Waals surface area contributed by atoms with Crippen molar-refractivity contribution in [3.63, 3.8) is 0 Å². The van der Waals surface area contributed by atoms with Gasteiger partial charge in [-0.15, -0.1) is 0 Å². The van der Waals surface area contributed by atoms with Gasteiger partial charge in [0.2, 0.25) is 0 Å². The number of carbonyl (C=O) groups is 3. The molecule has 0 bridgehead atoms. The van der Waals surface area contributed by atoms with E-state index < -0.39 is 12.0 Å². The van der Waals surface area contributed by atoms with Gasteiger partial charge in [-0.05, 0) is 43.5 Å². The van der Waals surface area contributed by atoms with E-state index in [0.29, 0.717) is 31.6 Å². The van der Waals surface area contributed by atoms with Gasteiger partial charge in [0.1, 0.15) is 6.04 Å². The number of carboxylic acid groups (broad SMARTS) is 1. The summed E-state index contributed by atoms with van der Waals surface area (Å²) in [4.78, 5) is 38.6. The number of urea groups is 1. The summed E-state index contributed by atoms with van der Waals surface area (Å²) in [6.45, 7) is 1.67. The summed E-state index contributed by atoms with van der Waals surface area (Å²) in [6.07, 6.45) is 2.14. The zero-order chi connectivity index (χ0) is 16.4. The molecular formula is C16H19N3O4. The van der Waals surface area contributed by atoms with Crippen molar-refractivity contribution < 1.29 is 19.5 Å². The van der Waals surface area contributed by atoms with Gasteiger partial charge >= 0.3 is 12.0 Å². The Labute approximate surface area is 133 Å². The average molecular weight is 317 g/mol. The smallest absolute Gasteiger partial charge is 0.326 e.